The number of fused-ring (bicyclic) bond motifs is 1. The van der Waals surface area contributed by atoms with Gasteiger partial charge in [0.1, 0.15) is 6.33 Å². The maximum Gasteiger partial charge on any atom is 0.225 e. The van der Waals surface area contributed by atoms with E-state index in [9.17, 15) is 4.79 Å². The summed E-state index contributed by atoms with van der Waals surface area (Å²) in [4.78, 5) is 22.1. The predicted molar refractivity (Wildman–Crippen MR) is 110 cm³/mol. The monoisotopic (exact) mass is 401 g/mol. The molecule has 9 heteroatoms. The molecule has 2 aromatic heterocycles. The van der Waals surface area contributed by atoms with E-state index in [-0.39, 0.29) is 17.7 Å². The average Bonchev–Trinajstić information content (AvgIpc) is 3.35. The van der Waals surface area contributed by atoms with E-state index in [0.29, 0.717) is 25.0 Å². The molecule has 9 nitrogen and oxygen atoms in total. The number of nitrogens with zero attached hydrogens (tertiary/aromatic N) is 6. The zero-order valence-electron chi connectivity index (χ0n) is 17.5. The van der Waals surface area contributed by atoms with Crippen molar-refractivity contribution in [2.45, 2.75) is 26.8 Å². The Labute approximate surface area is 171 Å². The molecule has 3 atom stereocenters. The highest BCUT2D eigenvalue weighted by Crippen LogP contribution is 2.29. The Balaban J connectivity index is 1.39. The molecule has 4 heterocycles. The molecular formula is C20H31N7O2. The Bertz CT molecular complexity index is 833. The maximum absolute atomic E-state index is 13.0. The minimum atomic E-state index is -0.0579. The second-order valence-electron chi connectivity index (χ2n) is 8.51. The molecule has 0 saturated carbocycles. The van der Waals surface area contributed by atoms with Crippen LogP contribution < -0.4 is 10.2 Å². The van der Waals surface area contributed by atoms with E-state index in [2.05, 4.69) is 51.1 Å². The second-order valence-corrected chi connectivity index (χ2v) is 8.51. The Morgan fingerprint density at radius 1 is 1.31 bits per heavy atom. The molecule has 0 radical (unpaired) electrons. The first-order chi connectivity index (χ1) is 14.0. The van der Waals surface area contributed by atoms with Gasteiger partial charge in [-0.3, -0.25) is 14.1 Å². The maximum atomic E-state index is 13.0. The number of hydrogen-bond acceptors (Lipinski definition) is 7. The van der Waals surface area contributed by atoms with Crippen molar-refractivity contribution in [3.8, 4) is 0 Å². The van der Waals surface area contributed by atoms with Gasteiger partial charge in [-0.15, -0.1) is 10.2 Å². The van der Waals surface area contributed by atoms with Gasteiger partial charge >= 0.3 is 0 Å². The molecule has 1 N–H and O–H groups in total. The molecule has 158 valence electrons. The molecule has 29 heavy (non-hydrogen) atoms. The number of carbonyl (C=O) groups is 1. The fourth-order valence-electron chi connectivity index (χ4n) is 4.48. The highest BCUT2D eigenvalue weighted by molar-refractivity contribution is 5.81. The highest BCUT2D eigenvalue weighted by Gasteiger charge is 2.37. The zero-order chi connectivity index (χ0) is 20.4. The second kappa shape index (κ2) is 8.62. The van der Waals surface area contributed by atoms with Crippen LogP contribution in [0.5, 0.6) is 0 Å². The summed E-state index contributed by atoms with van der Waals surface area (Å²) in [5.74, 6) is 1.59. The molecule has 2 aliphatic heterocycles. The van der Waals surface area contributed by atoms with Gasteiger partial charge in [0, 0.05) is 51.2 Å². The molecule has 2 aliphatic rings. The van der Waals surface area contributed by atoms with Crippen LogP contribution in [-0.2, 0) is 9.53 Å². The molecule has 0 spiro atoms. The third-order valence-electron chi connectivity index (χ3n) is 6.22. The van der Waals surface area contributed by atoms with E-state index in [4.69, 9.17) is 4.74 Å². The van der Waals surface area contributed by atoms with Crippen LogP contribution in [0, 0.1) is 17.8 Å². The van der Waals surface area contributed by atoms with Gasteiger partial charge < -0.3 is 15.0 Å². The van der Waals surface area contributed by atoms with Crippen molar-refractivity contribution in [2.24, 2.45) is 17.8 Å². The molecule has 2 fully saturated rings. The van der Waals surface area contributed by atoms with Crippen molar-refractivity contribution < 1.29 is 9.53 Å². The van der Waals surface area contributed by atoms with Crippen molar-refractivity contribution >= 4 is 17.4 Å². The summed E-state index contributed by atoms with van der Waals surface area (Å²) in [6.07, 6.45) is 5.25. The van der Waals surface area contributed by atoms with Crippen molar-refractivity contribution in [2.75, 3.05) is 50.8 Å². The number of rotatable bonds is 6. The molecule has 0 aliphatic carbocycles. The van der Waals surface area contributed by atoms with Gasteiger partial charge in [0.2, 0.25) is 11.6 Å². The van der Waals surface area contributed by atoms with E-state index in [0.717, 1.165) is 44.3 Å². The van der Waals surface area contributed by atoms with Crippen LogP contribution in [0.15, 0.2) is 18.7 Å². The summed E-state index contributed by atoms with van der Waals surface area (Å²) in [5, 5.41) is 11.4. The van der Waals surface area contributed by atoms with E-state index in [1.54, 1.807) is 12.5 Å². The molecule has 4 rings (SSSR count). The molecule has 0 bridgehead atoms. The predicted octanol–water partition coefficient (Wildman–Crippen LogP) is 0.670. The van der Waals surface area contributed by atoms with Crippen molar-refractivity contribution in [1.82, 2.24) is 29.8 Å². The Morgan fingerprint density at radius 2 is 2.10 bits per heavy atom. The molecule has 1 amide bonds. The zero-order valence-corrected chi connectivity index (χ0v) is 17.5. The Kier molecular flexibility index (Phi) is 5.96. The SMILES string of the molecule is CC(C)[C@H](CNC(=O)[C@@H]1CN(c2nccn3cnnc23)C[C@H]1C)N1CCOCC1. The lowest BCUT2D eigenvalue weighted by Gasteiger charge is -2.37. The topological polar surface area (TPSA) is 87.9 Å². The van der Waals surface area contributed by atoms with Crippen LogP contribution in [0.1, 0.15) is 20.8 Å². The normalized spacial score (nSPS) is 24.3. The third kappa shape index (κ3) is 4.20. The Hall–Kier alpha value is -2.26. The first-order valence-corrected chi connectivity index (χ1v) is 10.5. The summed E-state index contributed by atoms with van der Waals surface area (Å²) in [7, 11) is 0. The largest absolute Gasteiger partial charge is 0.379 e. The average molecular weight is 402 g/mol. The first kappa shape index (κ1) is 20.0. The fourth-order valence-corrected chi connectivity index (χ4v) is 4.48. The van der Waals surface area contributed by atoms with Crippen molar-refractivity contribution in [1.29, 1.82) is 0 Å². The number of carbonyl (C=O) groups excluding carboxylic acids is 1. The van der Waals surface area contributed by atoms with Gasteiger partial charge in [-0.25, -0.2) is 4.98 Å². The number of amides is 1. The molecule has 2 aromatic rings. The van der Waals surface area contributed by atoms with Crippen LogP contribution in [0.4, 0.5) is 5.82 Å². The third-order valence-corrected chi connectivity index (χ3v) is 6.22. The number of nitrogens with one attached hydrogen (secondary N) is 1. The first-order valence-electron chi connectivity index (χ1n) is 10.5. The van der Waals surface area contributed by atoms with Crippen LogP contribution >= 0.6 is 0 Å². The van der Waals surface area contributed by atoms with E-state index < -0.39 is 0 Å². The van der Waals surface area contributed by atoms with Gasteiger partial charge in [-0.05, 0) is 11.8 Å². The van der Waals surface area contributed by atoms with Crippen LogP contribution in [0.25, 0.3) is 5.65 Å². The van der Waals surface area contributed by atoms with Crippen LogP contribution in [0.3, 0.4) is 0 Å². The number of hydrogen-bond donors (Lipinski definition) is 1. The molecular weight excluding hydrogens is 370 g/mol. The summed E-state index contributed by atoms with van der Waals surface area (Å²) in [6.45, 7) is 12.1. The number of aromatic nitrogens is 4. The lowest BCUT2D eigenvalue weighted by atomic mass is 9.96. The number of morpholine rings is 1. The van der Waals surface area contributed by atoms with Gasteiger partial charge in [0.05, 0.1) is 19.1 Å². The quantitative estimate of drug-likeness (QED) is 0.761. The van der Waals surface area contributed by atoms with Crippen molar-refractivity contribution in [3.63, 3.8) is 0 Å². The summed E-state index contributed by atoms with van der Waals surface area (Å²) in [5.41, 5.74) is 0.730. The summed E-state index contributed by atoms with van der Waals surface area (Å²) < 4.78 is 7.33. The fraction of sp³-hybridized carbons (Fsp3) is 0.700. The highest BCUT2D eigenvalue weighted by atomic mass is 16.5. The number of anilines is 1. The van der Waals surface area contributed by atoms with Gasteiger partial charge in [0.15, 0.2) is 5.82 Å². The Morgan fingerprint density at radius 3 is 2.86 bits per heavy atom. The minimum absolute atomic E-state index is 0.0579. The van der Waals surface area contributed by atoms with Crippen molar-refractivity contribution in [3.05, 3.63) is 18.7 Å². The van der Waals surface area contributed by atoms with Crippen LogP contribution in [-0.4, -0.2) is 82.4 Å². The molecule has 2 saturated heterocycles. The lowest BCUT2D eigenvalue weighted by molar-refractivity contribution is -0.125. The molecule has 0 aromatic carbocycles. The van der Waals surface area contributed by atoms with Gasteiger partial charge in [0.25, 0.3) is 0 Å². The number of ether oxygens (including phenoxy) is 1. The smallest absolute Gasteiger partial charge is 0.225 e. The summed E-state index contributed by atoms with van der Waals surface area (Å²) >= 11 is 0. The standard InChI is InChI=1S/C20H31N7O2/c1-14(2)17(25-6-8-29-9-7-25)10-22-20(28)16-12-27(11-15(16)3)18-19-24-23-13-26(19)5-4-21-18/h4-5,13-17H,6-12H2,1-3H3,(H,22,28)/t15-,16-,17+/m1/s1. The van der Waals surface area contributed by atoms with E-state index in [1.165, 1.54) is 0 Å². The van der Waals surface area contributed by atoms with Crippen LogP contribution in [0.2, 0.25) is 0 Å². The van der Waals surface area contributed by atoms with Gasteiger partial charge in [-0.1, -0.05) is 20.8 Å². The van der Waals surface area contributed by atoms with E-state index >= 15 is 0 Å². The minimum Gasteiger partial charge on any atom is -0.379 e. The van der Waals surface area contributed by atoms with Gasteiger partial charge in [-0.2, -0.15) is 0 Å². The lowest BCUT2D eigenvalue weighted by Crippen LogP contribution is -2.52. The van der Waals surface area contributed by atoms with E-state index in [1.807, 2.05) is 10.6 Å². The molecule has 0 unspecified atom stereocenters. The summed E-state index contributed by atoms with van der Waals surface area (Å²) in [6, 6.07) is 0.335.